The minimum Gasteiger partial charge on any atom is -0.372 e. The molecule has 0 spiro atoms. The molecule has 1 saturated heterocycles. The van der Waals surface area contributed by atoms with Crippen molar-refractivity contribution in [2.24, 2.45) is 0 Å². The van der Waals surface area contributed by atoms with Gasteiger partial charge in [0.2, 0.25) is 5.91 Å². The molecule has 164 valence electrons. The van der Waals surface area contributed by atoms with Gasteiger partial charge in [0.1, 0.15) is 5.69 Å². The summed E-state index contributed by atoms with van der Waals surface area (Å²) in [6.07, 6.45) is 0.722. The van der Waals surface area contributed by atoms with Crippen LogP contribution in [0.15, 0.2) is 54.6 Å². The number of nitrogens with one attached hydrogen (secondary N) is 1. The third-order valence-electron chi connectivity index (χ3n) is 5.52. The van der Waals surface area contributed by atoms with E-state index in [0.717, 1.165) is 11.1 Å². The summed E-state index contributed by atoms with van der Waals surface area (Å²) in [6.45, 7) is 5.71. The summed E-state index contributed by atoms with van der Waals surface area (Å²) in [6, 6.07) is 19.6. The number of anilines is 1. The average Bonchev–Trinajstić information content (AvgIpc) is 2.79. The van der Waals surface area contributed by atoms with Crippen molar-refractivity contribution < 1.29 is 9.53 Å². The Morgan fingerprint density at radius 1 is 1.09 bits per heavy atom. The van der Waals surface area contributed by atoms with Gasteiger partial charge in [-0.15, -0.1) is 0 Å². The molecule has 0 unspecified atom stereocenters. The van der Waals surface area contributed by atoms with Gasteiger partial charge in [-0.05, 0) is 38.0 Å². The molecule has 1 aliphatic rings. The molecular weight excluding hydrogens is 402 g/mol. The second-order valence-electron chi connectivity index (χ2n) is 8.17. The lowest BCUT2D eigenvalue weighted by atomic mass is 10.0. The van der Waals surface area contributed by atoms with Gasteiger partial charge in [0, 0.05) is 19.6 Å². The SMILES string of the molecule is C[C@H]1CN(c2nc3ccccc3nc2[C@@H](C#N)C(=O)NCCc2ccccc2)C[C@H](C)O1. The van der Waals surface area contributed by atoms with E-state index in [2.05, 4.69) is 16.3 Å². The first-order valence-corrected chi connectivity index (χ1v) is 10.9. The van der Waals surface area contributed by atoms with Crippen molar-refractivity contribution >= 4 is 22.8 Å². The van der Waals surface area contributed by atoms with E-state index in [1.54, 1.807) is 0 Å². The number of hydrogen-bond acceptors (Lipinski definition) is 6. The van der Waals surface area contributed by atoms with Crippen molar-refractivity contribution in [3.8, 4) is 6.07 Å². The molecule has 1 amide bonds. The fourth-order valence-corrected chi connectivity index (χ4v) is 4.10. The quantitative estimate of drug-likeness (QED) is 0.647. The largest absolute Gasteiger partial charge is 0.372 e. The standard InChI is InChI=1S/C25H27N5O2/c1-17-15-30(16-18(2)32-17)24-23(28-21-10-6-7-11-22(21)29-24)20(14-26)25(31)27-13-12-19-8-4-3-5-9-19/h3-11,17-18,20H,12-13,15-16H2,1-2H3,(H,27,31)/t17-,18-,20+/m0/s1. The summed E-state index contributed by atoms with van der Waals surface area (Å²) in [5, 5.41) is 12.8. The van der Waals surface area contributed by atoms with Crippen LogP contribution in [0.25, 0.3) is 11.0 Å². The van der Waals surface area contributed by atoms with Gasteiger partial charge in [-0.3, -0.25) is 4.79 Å². The normalized spacial score (nSPS) is 19.3. The van der Waals surface area contributed by atoms with Gasteiger partial charge >= 0.3 is 0 Å². The number of aromatic nitrogens is 2. The van der Waals surface area contributed by atoms with E-state index in [-0.39, 0.29) is 18.1 Å². The van der Waals surface area contributed by atoms with Crippen LogP contribution in [0, 0.1) is 11.3 Å². The number of nitriles is 1. The van der Waals surface area contributed by atoms with Gasteiger partial charge in [0.15, 0.2) is 11.7 Å². The van der Waals surface area contributed by atoms with Crippen LogP contribution in [0.4, 0.5) is 5.82 Å². The summed E-state index contributed by atoms with van der Waals surface area (Å²) in [7, 11) is 0. The summed E-state index contributed by atoms with van der Waals surface area (Å²) in [4.78, 5) is 24.7. The zero-order valence-electron chi connectivity index (χ0n) is 18.4. The summed E-state index contributed by atoms with van der Waals surface area (Å²) < 4.78 is 5.86. The van der Waals surface area contributed by atoms with Gasteiger partial charge in [-0.2, -0.15) is 5.26 Å². The van der Waals surface area contributed by atoms with Crippen LogP contribution in [0.5, 0.6) is 0 Å². The van der Waals surface area contributed by atoms with E-state index in [1.165, 1.54) is 0 Å². The van der Waals surface area contributed by atoms with Gasteiger partial charge < -0.3 is 15.0 Å². The highest BCUT2D eigenvalue weighted by molar-refractivity contribution is 5.88. The summed E-state index contributed by atoms with van der Waals surface area (Å²) in [5.41, 5.74) is 2.92. The molecule has 0 radical (unpaired) electrons. The maximum Gasteiger partial charge on any atom is 0.243 e. The number of carbonyl (C=O) groups is 1. The Bertz CT molecular complexity index is 1120. The van der Waals surface area contributed by atoms with Crippen LogP contribution in [-0.4, -0.2) is 47.7 Å². The Kier molecular flexibility index (Phi) is 6.62. The Labute approximate surface area is 188 Å². The second kappa shape index (κ2) is 9.75. The predicted octanol–water partition coefficient (Wildman–Crippen LogP) is 3.21. The number of rotatable bonds is 6. The number of para-hydroxylation sites is 2. The van der Waals surface area contributed by atoms with Gasteiger partial charge in [-0.25, -0.2) is 9.97 Å². The number of carbonyl (C=O) groups excluding carboxylic acids is 1. The van der Waals surface area contributed by atoms with Crippen LogP contribution in [-0.2, 0) is 16.0 Å². The first-order valence-electron chi connectivity index (χ1n) is 10.9. The van der Waals surface area contributed by atoms with Crippen LogP contribution in [0.1, 0.15) is 31.0 Å². The van der Waals surface area contributed by atoms with E-state index < -0.39 is 5.92 Å². The molecule has 2 aromatic carbocycles. The van der Waals surface area contributed by atoms with Gasteiger partial charge in [-0.1, -0.05) is 42.5 Å². The van der Waals surface area contributed by atoms with Crippen LogP contribution >= 0.6 is 0 Å². The number of morpholine rings is 1. The molecule has 7 nitrogen and oxygen atoms in total. The topological polar surface area (TPSA) is 91.1 Å². The number of fused-ring (bicyclic) bond motifs is 1. The average molecular weight is 430 g/mol. The molecule has 2 heterocycles. The minimum atomic E-state index is -1.05. The third-order valence-corrected chi connectivity index (χ3v) is 5.52. The number of amides is 1. The minimum absolute atomic E-state index is 0.0140. The molecule has 1 aliphatic heterocycles. The molecule has 0 aliphatic carbocycles. The molecule has 4 rings (SSSR count). The lowest BCUT2D eigenvalue weighted by Crippen LogP contribution is -2.46. The lowest BCUT2D eigenvalue weighted by molar-refractivity contribution is -0.121. The van der Waals surface area contributed by atoms with E-state index in [9.17, 15) is 10.1 Å². The Hall–Kier alpha value is -3.50. The zero-order valence-corrected chi connectivity index (χ0v) is 18.4. The van der Waals surface area contributed by atoms with Crippen molar-refractivity contribution in [2.45, 2.75) is 38.4 Å². The van der Waals surface area contributed by atoms with Crippen molar-refractivity contribution in [1.29, 1.82) is 5.26 Å². The maximum atomic E-state index is 13.0. The zero-order chi connectivity index (χ0) is 22.5. The number of hydrogen-bond donors (Lipinski definition) is 1. The highest BCUT2D eigenvalue weighted by Gasteiger charge is 2.31. The molecular formula is C25H27N5O2. The molecule has 3 atom stereocenters. The van der Waals surface area contributed by atoms with E-state index in [0.29, 0.717) is 43.1 Å². The van der Waals surface area contributed by atoms with Crippen molar-refractivity contribution in [2.75, 3.05) is 24.5 Å². The van der Waals surface area contributed by atoms with Crippen LogP contribution < -0.4 is 10.2 Å². The third kappa shape index (κ3) is 4.87. The Morgan fingerprint density at radius 2 is 1.72 bits per heavy atom. The fourth-order valence-electron chi connectivity index (χ4n) is 4.10. The molecule has 0 bridgehead atoms. The molecule has 7 heteroatoms. The van der Waals surface area contributed by atoms with E-state index >= 15 is 0 Å². The van der Waals surface area contributed by atoms with Crippen molar-refractivity contribution in [1.82, 2.24) is 15.3 Å². The number of ether oxygens (including phenoxy) is 1. The fraction of sp³-hybridized carbons (Fsp3) is 0.360. The van der Waals surface area contributed by atoms with E-state index in [1.807, 2.05) is 68.4 Å². The molecule has 1 fully saturated rings. The monoisotopic (exact) mass is 429 g/mol. The van der Waals surface area contributed by atoms with Crippen molar-refractivity contribution in [3.63, 3.8) is 0 Å². The van der Waals surface area contributed by atoms with Gasteiger partial charge in [0.05, 0.1) is 29.3 Å². The number of benzene rings is 2. The highest BCUT2D eigenvalue weighted by Crippen LogP contribution is 2.29. The highest BCUT2D eigenvalue weighted by atomic mass is 16.5. The Balaban J connectivity index is 1.62. The van der Waals surface area contributed by atoms with Crippen LogP contribution in [0.2, 0.25) is 0 Å². The smallest absolute Gasteiger partial charge is 0.243 e. The lowest BCUT2D eigenvalue weighted by Gasteiger charge is -2.37. The molecule has 3 aromatic rings. The van der Waals surface area contributed by atoms with Crippen LogP contribution in [0.3, 0.4) is 0 Å². The molecule has 1 aromatic heterocycles. The first-order chi connectivity index (χ1) is 15.5. The number of nitrogens with zero attached hydrogens (tertiary/aromatic N) is 4. The maximum absolute atomic E-state index is 13.0. The molecule has 32 heavy (non-hydrogen) atoms. The summed E-state index contributed by atoms with van der Waals surface area (Å²) in [5.74, 6) is -0.828. The van der Waals surface area contributed by atoms with Crippen molar-refractivity contribution in [3.05, 3.63) is 65.9 Å². The molecule has 0 saturated carbocycles. The second-order valence-corrected chi connectivity index (χ2v) is 8.17. The van der Waals surface area contributed by atoms with E-state index in [4.69, 9.17) is 14.7 Å². The summed E-state index contributed by atoms with van der Waals surface area (Å²) >= 11 is 0. The predicted molar refractivity (Wildman–Crippen MR) is 123 cm³/mol. The first kappa shape index (κ1) is 21.7. The Morgan fingerprint density at radius 3 is 2.38 bits per heavy atom. The molecule has 1 N–H and O–H groups in total. The van der Waals surface area contributed by atoms with Gasteiger partial charge in [0.25, 0.3) is 0 Å².